The number of benzene rings is 2. The maximum Gasteiger partial charge on any atom is 0.244 e. The van der Waals surface area contributed by atoms with Gasteiger partial charge in [0.1, 0.15) is 18.3 Å². The Balaban J connectivity index is 1.92. The quantitative estimate of drug-likeness (QED) is 0.381. The molecule has 36 heavy (non-hydrogen) atoms. The van der Waals surface area contributed by atoms with Crippen LogP contribution in [0.4, 0.5) is 5.69 Å². The zero-order valence-electron chi connectivity index (χ0n) is 20.9. The first-order valence-electron chi connectivity index (χ1n) is 12.1. The van der Waals surface area contributed by atoms with Crippen LogP contribution in [0, 0.1) is 3.57 Å². The molecule has 1 atom stereocenters. The van der Waals surface area contributed by atoms with Gasteiger partial charge in [-0.25, -0.2) is 8.42 Å². The van der Waals surface area contributed by atoms with Crippen LogP contribution in [0.1, 0.15) is 44.6 Å². The van der Waals surface area contributed by atoms with Crippen LogP contribution in [-0.2, 0) is 26.2 Å². The molecule has 1 unspecified atom stereocenters. The maximum absolute atomic E-state index is 13.7. The SMILES string of the molecule is CCC(C(=O)NC1CCCC1)N(Cc1cccc(OC)c1)C(=O)CN(c1ccc(I)cc1)S(C)(=O)=O. The molecule has 10 heteroatoms. The van der Waals surface area contributed by atoms with E-state index < -0.39 is 28.5 Å². The predicted octanol–water partition coefficient (Wildman–Crippen LogP) is 3.93. The van der Waals surface area contributed by atoms with E-state index in [0.29, 0.717) is 17.9 Å². The number of rotatable bonds is 11. The second kappa shape index (κ2) is 12.8. The first-order chi connectivity index (χ1) is 17.1. The van der Waals surface area contributed by atoms with Gasteiger partial charge in [0.15, 0.2) is 0 Å². The first kappa shape index (κ1) is 28.2. The Morgan fingerprint density at radius 2 is 1.81 bits per heavy atom. The number of nitrogens with zero attached hydrogens (tertiary/aromatic N) is 2. The Bertz CT molecular complexity index is 1150. The van der Waals surface area contributed by atoms with Crippen molar-refractivity contribution >= 4 is 50.1 Å². The molecule has 2 amide bonds. The van der Waals surface area contributed by atoms with E-state index in [0.717, 1.165) is 45.4 Å². The van der Waals surface area contributed by atoms with Crippen LogP contribution >= 0.6 is 22.6 Å². The van der Waals surface area contributed by atoms with Crippen molar-refractivity contribution in [2.45, 2.75) is 57.7 Å². The van der Waals surface area contributed by atoms with Crippen LogP contribution in [0.15, 0.2) is 48.5 Å². The molecule has 0 aromatic heterocycles. The zero-order chi connectivity index (χ0) is 26.3. The van der Waals surface area contributed by atoms with E-state index in [1.807, 2.05) is 31.2 Å². The summed E-state index contributed by atoms with van der Waals surface area (Å²) in [5.74, 6) is -0.0176. The lowest BCUT2D eigenvalue weighted by molar-refractivity contribution is -0.140. The van der Waals surface area contributed by atoms with E-state index in [-0.39, 0.29) is 18.5 Å². The van der Waals surface area contributed by atoms with Gasteiger partial charge < -0.3 is 15.0 Å². The van der Waals surface area contributed by atoms with Crippen LogP contribution in [0.25, 0.3) is 0 Å². The number of amides is 2. The molecule has 8 nitrogen and oxygen atoms in total. The Hall–Kier alpha value is -2.34. The molecule has 196 valence electrons. The fourth-order valence-corrected chi connectivity index (χ4v) is 5.68. The molecule has 3 rings (SSSR count). The third-order valence-corrected chi connectivity index (χ3v) is 8.23. The van der Waals surface area contributed by atoms with Crippen LogP contribution in [-0.4, -0.2) is 57.1 Å². The molecule has 2 aromatic carbocycles. The second-order valence-electron chi connectivity index (χ2n) is 9.03. The van der Waals surface area contributed by atoms with E-state index in [1.54, 1.807) is 31.4 Å². The van der Waals surface area contributed by atoms with Crippen molar-refractivity contribution in [2.75, 3.05) is 24.2 Å². The predicted molar refractivity (Wildman–Crippen MR) is 149 cm³/mol. The van der Waals surface area contributed by atoms with E-state index >= 15 is 0 Å². The van der Waals surface area contributed by atoms with Gasteiger partial charge in [-0.2, -0.15) is 0 Å². The number of sulfonamides is 1. The number of methoxy groups -OCH3 is 1. The number of carbonyl (C=O) groups excluding carboxylic acids is 2. The molecule has 0 spiro atoms. The normalized spacial score (nSPS) is 14.8. The van der Waals surface area contributed by atoms with Crippen molar-refractivity contribution < 1.29 is 22.7 Å². The highest BCUT2D eigenvalue weighted by atomic mass is 127. The Kier molecular flexibility index (Phi) is 10.0. The molecule has 1 aliphatic carbocycles. The number of hydrogen-bond donors (Lipinski definition) is 1. The van der Waals surface area contributed by atoms with E-state index in [4.69, 9.17) is 4.74 Å². The second-order valence-corrected chi connectivity index (χ2v) is 12.2. The molecule has 0 saturated heterocycles. The van der Waals surface area contributed by atoms with Crippen molar-refractivity contribution in [3.05, 3.63) is 57.7 Å². The average molecular weight is 628 g/mol. The van der Waals surface area contributed by atoms with E-state index in [1.165, 1.54) is 4.90 Å². The van der Waals surface area contributed by atoms with Gasteiger partial charge in [0.2, 0.25) is 21.8 Å². The van der Waals surface area contributed by atoms with Crippen molar-refractivity contribution in [1.82, 2.24) is 10.2 Å². The number of ether oxygens (including phenoxy) is 1. The highest BCUT2D eigenvalue weighted by Gasteiger charge is 2.33. The molecule has 0 bridgehead atoms. The summed E-state index contributed by atoms with van der Waals surface area (Å²) >= 11 is 2.14. The smallest absolute Gasteiger partial charge is 0.244 e. The van der Waals surface area contributed by atoms with Gasteiger partial charge in [0.25, 0.3) is 0 Å². The molecule has 1 N–H and O–H groups in total. The number of carbonyl (C=O) groups is 2. The minimum absolute atomic E-state index is 0.111. The molecular formula is C26H34IN3O5S. The summed E-state index contributed by atoms with van der Waals surface area (Å²) in [5, 5.41) is 3.10. The van der Waals surface area contributed by atoms with Gasteiger partial charge in [0, 0.05) is 16.2 Å². The fourth-order valence-electron chi connectivity index (χ4n) is 4.48. The van der Waals surface area contributed by atoms with Crippen LogP contribution in [0.5, 0.6) is 5.75 Å². The van der Waals surface area contributed by atoms with Crippen molar-refractivity contribution in [3.63, 3.8) is 0 Å². The monoisotopic (exact) mass is 627 g/mol. The highest BCUT2D eigenvalue weighted by molar-refractivity contribution is 14.1. The summed E-state index contributed by atoms with van der Waals surface area (Å²) in [6.45, 7) is 1.60. The summed E-state index contributed by atoms with van der Waals surface area (Å²) in [4.78, 5) is 28.6. The fraction of sp³-hybridized carbons (Fsp3) is 0.462. The van der Waals surface area contributed by atoms with Crippen molar-refractivity contribution in [2.24, 2.45) is 0 Å². The Labute approximate surface area is 227 Å². The third-order valence-electron chi connectivity index (χ3n) is 6.37. The molecule has 1 saturated carbocycles. The van der Waals surface area contributed by atoms with E-state index in [9.17, 15) is 18.0 Å². The topological polar surface area (TPSA) is 96.0 Å². The molecule has 1 aliphatic rings. The first-order valence-corrected chi connectivity index (χ1v) is 15.0. The molecule has 0 aliphatic heterocycles. The molecule has 2 aromatic rings. The molecule has 1 fully saturated rings. The van der Waals surface area contributed by atoms with Crippen LogP contribution in [0.2, 0.25) is 0 Å². The van der Waals surface area contributed by atoms with Gasteiger partial charge in [-0.15, -0.1) is 0 Å². The number of anilines is 1. The van der Waals surface area contributed by atoms with Gasteiger partial charge in [-0.3, -0.25) is 13.9 Å². The van der Waals surface area contributed by atoms with Crippen LogP contribution in [0.3, 0.4) is 0 Å². The summed E-state index contributed by atoms with van der Waals surface area (Å²) in [5.41, 5.74) is 1.19. The summed E-state index contributed by atoms with van der Waals surface area (Å²) in [6.07, 6.45) is 5.49. The third kappa shape index (κ3) is 7.58. The maximum atomic E-state index is 13.7. The lowest BCUT2D eigenvalue weighted by Gasteiger charge is -2.33. The number of nitrogens with one attached hydrogen (secondary N) is 1. The standard InChI is InChI=1S/C26H34IN3O5S/c1-4-24(26(32)28-21-9-5-6-10-21)29(17-19-8-7-11-23(16-19)35-2)25(31)18-30(36(3,33)34)22-14-12-20(27)13-15-22/h7-8,11-16,21,24H,4-6,9-10,17-18H2,1-3H3,(H,28,32). The summed E-state index contributed by atoms with van der Waals surface area (Å²) in [7, 11) is -2.18. The molecular weight excluding hydrogens is 593 g/mol. The largest absolute Gasteiger partial charge is 0.497 e. The van der Waals surface area contributed by atoms with Crippen molar-refractivity contribution in [1.29, 1.82) is 0 Å². The lowest BCUT2D eigenvalue weighted by atomic mass is 10.1. The Morgan fingerprint density at radius 1 is 1.14 bits per heavy atom. The van der Waals surface area contributed by atoms with E-state index in [2.05, 4.69) is 27.9 Å². The average Bonchev–Trinajstić information content (AvgIpc) is 3.35. The zero-order valence-corrected chi connectivity index (χ0v) is 23.9. The minimum atomic E-state index is -3.75. The Morgan fingerprint density at radius 3 is 2.39 bits per heavy atom. The highest BCUT2D eigenvalue weighted by Crippen LogP contribution is 2.23. The number of halogens is 1. The van der Waals surface area contributed by atoms with Gasteiger partial charge in [-0.1, -0.05) is 31.9 Å². The minimum Gasteiger partial charge on any atom is -0.497 e. The van der Waals surface area contributed by atoms with Crippen molar-refractivity contribution in [3.8, 4) is 5.75 Å². The molecule has 0 heterocycles. The molecule has 0 radical (unpaired) electrons. The summed E-state index contributed by atoms with van der Waals surface area (Å²) in [6, 6.07) is 13.6. The van der Waals surface area contributed by atoms with Gasteiger partial charge >= 0.3 is 0 Å². The number of hydrogen-bond acceptors (Lipinski definition) is 5. The van der Waals surface area contributed by atoms with Gasteiger partial charge in [-0.05, 0) is 83.8 Å². The van der Waals surface area contributed by atoms with Gasteiger partial charge in [0.05, 0.1) is 19.1 Å². The van der Waals surface area contributed by atoms with Crippen LogP contribution < -0.4 is 14.4 Å². The summed E-state index contributed by atoms with van der Waals surface area (Å²) < 4.78 is 32.7. The lowest BCUT2D eigenvalue weighted by Crippen LogP contribution is -2.53.